The second kappa shape index (κ2) is 11.1. The molecule has 1 N–H and O–H groups in total. The van der Waals surface area contributed by atoms with E-state index in [1.165, 1.54) is 12.1 Å². The molecule has 1 heterocycles. The molecule has 1 aromatic rings. The lowest BCUT2D eigenvalue weighted by Gasteiger charge is -2.35. The van der Waals surface area contributed by atoms with E-state index >= 15 is 0 Å². The second-order valence-corrected chi connectivity index (χ2v) is 7.79. The number of halogens is 1. The maximum absolute atomic E-state index is 13.7. The largest absolute Gasteiger partial charge is 0.444 e. The highest BCUT2D eigenvalue weighted by Gasteiger charge is 2.29. The summed E-state index contributed by atoms with van der Waals surface area (Å²) in [5, 5.41) is 2.76. The number of unbranched alkanes of at least 4 members (excludes halogenated alkanes) is 1. The van der Waals surface area contributed by atoms with Crippen LogP contribution in [0.4, 0.5) is 14.9 Å². The standard InChI is InChI=1S/C23H33FN2O2/c1-5-7-8-17(3)9-10-19-15-20(24)11-12-21(19)25-23(27)28-22-16-26(4)14-13-18(22)6-2/h11-12,15,17-18,22H,5-8,13-14,16H2,1-4H3,(H,25,27). The van der Waals surface area contributed by atoms with Crippen molar-refractivity contribution in [3.05, 3.63) is 29.6 Å². The first kappa shape index (κ1) is 22.2. The fraction of sp³-hybridized carbons (Fsp3) is 0.609. The topological polar surface area (TPSA) is 41.6 Å². The van der Waals surface area contributed by atoms with Gasteiger partial charge in [0.15, 0.2) is 0 Å². The van der Waals surface area contributed by atoms with Gasteiger partial charge >= 0.3 is 6.09 Å². The van der Waals surface area contributed by atoms with Crippen LogP contribution < -0.4 is 5.32 Å². The number of benzene rings is 1. The SMILES string of the molecule is CCCCC(C)C#Cc1cc(F)ccc1NC(=O)OC1CN(C)CCC1CC. The summed E-state index contributed by atoms with van der Waals surface area (Å²) in [5.74, 6) is 6.42. The number of rotatable bonds is 6. The number of amides is 1. The Hall–Kier alpha value is -2.06. The molecule has 4 nitrogen and oxygen atoms in total. The first-order chi connectivity index (χ1) is 13.4. The Bertz CT molecular complexity index is 710. The molecule has 0 bridgehead atoms. The van der Waals surface area contributed by atoms with Crippen molar-refractivity contribution in [3.8, 4) is 11.8 Å². The molecule has 0 aliphatic carbocycles. The van der Waals surface area contributed by atoms with Crippen molar-refractivity contribution in [1.82, 2.24) is 4.90 Å². The molecular formula is C23H33FN2O2. The molecule has 1 aliphatic rings. The maximum Gasteiger partial charge on any atom is 0.411 e. The lowest BCUT2D eigenvalue weighted by atomic mass is 9.92. The highest BCUT2D eigenvalue weighted by Crippen LogP contribution is 2.24. The predicted molar refractivity (Wildman–Crippen MR) is 112 cm³/mol. The van der Waals surface area contributed by atoms with E-state index in [0.717, 1.165) is 45.2 Å². The van der Waals surface area contributed by atoms with E-state index in [-0.39, 0.29) is 17.8 Å². The van der Waals surface area contributed by atoms with Crippen LogP contribution in [0.15, 0.2) is 18.2 Å². The first-order valence-corrected chi connectivity index (χ1v) is 10.4. The Labute approximate surface area is 168 Å². The number of nitrogens with zero attached hydrogens (tertiary/aromatic N) is 1. The number of carbonyl (C=O) groups excluding carboxylic acids is 1. The van der Waals surface area contributed by atoms with Gasteiger partial charge in [-0.1, -0.05) is 45.5 Å². The molecule has 154 valence electrons. The summed E-state index contributed by atoms with van der Waals surface area (Å²) >= 11 is 0. The number of hydrogen-bond donors (Lipinski definition) is 1. The van der Waals surface area contributed by atoms with Crippen molar-refractivity contribution in [3.63, 3.8) is 0 Å². The maximum atomic E-state index is 13.7. The molecule has 3 unspecified atom stereocenters. The van der Waals surface area contributed by atoms with E-state index in [9.17, 15) is 9.18 Å². The quantitative estimate of drug-likeness (QED) is 0.674. The number of likely N-dealkylation sites (N-methyl/N-ethyl adjacent to an activating group) is 1. The zero-order valence-electron chi connectivity index (χ0n) is 17.6. The molecule has 0 aromatic heterocycles. The number of anilines is 1. The van der Waals surface area contributed by atoms with Crippen LogP contribution in [0.25, 0.3) is 0 Å². The number of nitrogens with one attached hydrogen (secondary N) is 1. The molecule has 28 heavy (non-hydrogen) atoms. The summed E-state index contributed by atoms with van der Waals surface area (Å²) in [6.07, 6.45) is 4.62. The van der Waals surface area contributed by atoms with E-state index in [1.54, 1.807) is 6.07 Å². The van der Waals surface area contributed by atoms with Crippen LogP contribution in [0.2, 0.25) is 0 Å². The molecule has 0 radical (unpaired) electrons. The van der Waals surface area contributed by atoms with E-state index in [0.29, 0.717) is 17.2 Å². The highest BCUT2D eigenvalue weighted by molar-refractivity contribution is 5.86. The van der Waals surface area contributed by atoms with Gasteiger partial charge in [-0.2, -0.15) is 0 Å². The lowest BCUT2D eigenvalue weighted by molar-refractivity contribution is 0.0168. The highest BCUT2D eigenvalue weighted by atomic mass is 19.1. The van der Waals surface area contributed by atoms with E-state index in [2.05, 4.69) is 42.8 Å². The smallest absolute Gasteiger partial charge is 0.411 e. The molecular weight excluding hydrogens is 355 g/mol. The number of hydrogen-bond acceptors (Lipinski definition) is 3. The molecule has 2 rings (SSSR count). The minimum Gasteiger partial charge on any atom is -0.444 e. The summed E-state index contributed by atoms with van der Waals surface area (Å²) in [5.41, 5.74) is 0.965. The molecule has 1 saturated heterocycles. The summed E-state index contributed by atoms with van der Waals surface area (Å²) < 4.78 is 19.4. The summed E-state index contributed by atoms with van der Waals surface area (Å²) in [4.78, 5) is 14.6. The molecule has 1 fully saturated rings. The van der Waals surface area contributed by atoms with Crippen LogP contribution >= 0.6 is 0 Å². The van der Waals surface area contributed by atoms with Crippen molar-refractivity contribution in [2.45, 2.75) is 59.0 Å². The average Bonchev–Trinajstić information content (AvgIpc) is 2.66. The van der Waals surface area contributed by atoms with Gasteiger partial charge in [0.2, 0.25) is 0 Å². The van der Waals surface area contributed by atoms with Crippen LogP contribution in [-0.4, -0.2) is 37.2 Å². The summed E-state index contributed by atoms with van der Waals surface area (Å²) in [6.45, 7) is 8.09. The van der Waals surface area contributed by atoms with Crippen LogP contribution in [0.3, 0.4) is 0 Å². The van der Waals surface area contributed by atoms with Crippen molar-refractivity contribution in [2.75, 3.05) is 25.5 Å². The van der Waals surface area contributed by atoms with Crippen LogP contribution in [0.5, 0.6) is 0 Å². The Morgan fingerprint density at radius 1 is 1.43 bits per heavy atom. The molecule has 1 aliphatic heterocycles. The number of ether oxygens (including phenoxy) is 1. The average molecular weight is 389 g/mol. The van der Waals surface area contributed by atoms with Gasteiger partial charge in [0.05, 0.1) is 11.3 Å². The normalized spacial score (nSPS) is 20.8. The molecule has 0 spiro atoms. The monoisotopic (exact) mass is 388 g/mol. The zero-order chi connectivity index (χ0) is 20.5. The van der Waals surface area contributed by atoms with Gasteiger partial charge in [-0.3, -0.25) is 5.32 Å². The van der Waals surface area contributed by atoms with Gasteiger partial charge in [0, 0.05) is 12.5 Å². The molecule has 0 saturated carbocycles. The fourth-order valence-electron chi connectivity index (χ4n) is 3.51. The minimum atomic E-state index is -0.507. The Balaban J connectivity index is 2.06. The fourth-order valence-corrected chi connectivity index (χ4v) is 3.51. The number of carbonyl (C=O) groups is 1. The van der Waals surface area contributed by atoms with E-state index in [1.807, 2.05) is 7.05 Å². The third-order valence-electron chi connectivity index (χ3n) is 5.34. The van der Waals surface area contributed by atoms with Gasteiger partial charge in [0.1, 0.15) is 11.9 Å². The van der Waals surface area contributed by atoms with Crippen molar-refractivity contribution < 1.29 is 13.9 Å². The molecule has 1 aromatic carbocycles. The molecule has 5 heteroatoms. The van der Waals surface area contributed by atoms with Crippen LogP contribution in [0, 0.1) is 29.5 Å². The lowest BCUT2D eigenvalue weighted by Crippen LogP contribution is -2.44. The van der Waals surface area contributed by atoms with Gasteiger partial charge in [-0.25, -0.2) is 9.18 Å². The first-order valence-electron chi connectivity index (χ1n) is 10.4. The predicted octanol–water partition coefficient (Wildman–Crippen LogP) is 5.28. The van der Waals surface area contributed by atoms with Crippen LogP contribution in [0.1, 0.15) is 58.4 Å². The Morgan fingerprint density at radius 3 is 2.93 bits per heavy atom. The molecule has 3 atom stereocenters. The Kier molecular flexibility index (Phi) is 8.79. The zero-order valence-corrected chi connectivity index (χ0v) is 17.6. The van der Waals surface area contributed by atoms with E-state index < -0.39 is 6.09 Å². The van der Waals surface area contributed by atoms with Gasteiger partial charge < -0.3 is 9.64 Å². The third kappa shape index (κ3) is 6.83. The summed E-state index contributed by atoms with van der Waals surface area (Å²) in [6, 6.07) is 4.23. The number of likely N-dealkylation sites (tertiary alicyclic amines) is 1. The summed E-state index contributed by atoms with van der Waals surface area (Å²) in [7, 11) is 2.04. The van der Waals surface area contributed by atoms with Crippen LogP contribution in [-0.2, 0) is 4.74 Å². The van der Waals surface area contributed by atoms with E-state index in [4.69, 9.17) is 4.74 Å². The van der Waals surface area contributed by atoms with Gasteiger partial charge in [-0.05, 0) is 57.0 Å². The van der Waals surface area contributed by atoms with Gasteiger partial charge in [0.25, 0.3) is 0 Å². The van der Waals surface area contributed by atoms with Gasteiger partial charge in [-0.15, -0.1) is 0 Å². The third-order valence-corrected chi connectivity index (χ3v) is 5.34. The second-order valence-electron chi connectivity index (χ2n) is 7.79. The minimum absolute atomic E-state index is 0.132. The number of piperidine rings is 1. The van der Waals surface area contributed by atoms with Crippen molar-refractivity contribution >= 4 is 11.8 Å². The van der Waals surface area contributed by atoms with Crippen molar-refractivity contribution in [1.29, 1.82) is 0 Å². The Morgan fingerprint density at radius 2 is 2.21 bits per heavy atom. The van der Waals surface area contributed by atoms with Crippen molar-refractivity contribution in [2.24, 2.45) is 11.8 Å². The molecule has 1 amide bonds.